The Morgan fingerprint density at radius 3 is 2.87 bits per heavy atom. The molecule has 1 aromatic carbocycles. The van der Waals surface area contributed by atoms with E-state index in [2.05, 4.69) is 49.2 Å². The van der Waals surface area contributed by atoms with Crippen LogP contribution in [0.1, 0.15) is 39.2 Å². The number of nitrogens with one attached hydrogen (secondary N) is 1. The van der Waals surface area contributed by atoms with Gasteiger partial charge in [-0.25, -0.2) is 0 Å². The van der Waals surface area contributed by atoms with Crippen molar-refractivity contribution in [1.29, 1.82) is 0 Å². The fourth-order valence-corrected chi connectivity index (χ4v) is 2.13. The highest BCUT2D eigenvalue weighted by Crippen LogP contribution is 2.30. The number of benzene rings is 1. The molecule has 2 rings (SSSR count). The van der Waals surface area contributed by atoms with E-state index in [-0.39, 0.29) is 5.41 Å². The molecular formula is C13H18N2. The number of rotatable bonds is 3. The molecule has 0 radical (unpaired) electrons. The van der Waals surface area contributed by atoms with Gasteiger partial charge in [-0.15, -0.1) is 0 Å². The van der Waals surface area contributed by atoms with Crippen LogP contribution in [-0.2, 0) is 5.41 Å². The predicted octanol–water partition coefficient (Wildman–Crippen LogP) is 3.64. The van der Waals surface area contributed by atoms with Crippen LogP contribution in [0.15, 0.2) is 24.4 Å². The highest BCUT2D eigenvalue weighted by molar-refractivity contribution is 5.78. The summed E-state index contributed by atoms with van der Waals surface area (Å²) < 4.78 is 0. The number of nitrogens with zero attached hydrogens (tertiary/aromatic N) is 1. The van der Waals surface area contributed by atoms with Crippen LogP contribution >= 0.6 is 0 Å². The second-order valence-electron chi connectivity index (χ2n) is 4.81. The van der Waals surface area contributed by atoms with Gasteiger partial charge in [-0.05, 0) is 29.5 Å². The van der Waals surface area contributed by atoms with Crippen molar-refractivity contribution in [1.82, 2.24) is 10.2 Å². The van der Waals surface area contributed by atoms with E-state index in [1.165, 1.54) is 23.8 Å². The molecule has 1 heterocycles. The highest BCUT2D eigenvalue weighted by atomic mass is 15.1. The molecule has 0 spiro atoms. The molecule has 0 bridgehead atoms. The molecule has 0 saturated heterocycles. The van der Waals surface area contributed by atoms with Gasteiger partial charge in [-0.2, -0.15) is 5.10 Å². The summed E-state index contributed by atoms with van der Waals surface area (Å²) in [5, 5.41) is 8.23. The Balaban J connectivity index is 2.42. The maximum atomic E-state index is 4.05. The van der Waals surface area contributed by atoms with E-state index in [4.69, 9.17) is 0 Å². The summed E-state index contributed by atoms with van der Waals surface area (Å²) in [6, 6.07) is 6.57. The maximum Gasteiger partial charge on any atom is 0.0650 e. The zero-order chi connectivity index (χ0) is 10.9. The molecular weight excluding hydrogens is 184 g/mol. The monoisotopic (exact) mass is 202 g/mol. The van der Waals surface area contributed by atoms with Crippen LogP contribution in [0.25, 0.3) is 10.9 Å². The Morgan fingerprint density at radius 2 is 2.13 bits per heavy atom. The Bertz CT molecular complexity index is 454. The average Bonchev–Trinajstić information content (AvgIpc) is 2.63. The third-order valence-corrected chi connectivity index (χ3v) is 3.10. The molecule has 0 atom stereocenters. The van der Waals surface area contributed by atoms with Gasteiger partial charge in [0.15, 0.2) is 0 Å². The Morgan fingerprint density at radius 1 is 1.33 bits per heavy atom. The first-order valence-electron chi connectivity index (χ1n) is 5.57. The number of H-pyrrole nitrogens is 1. The smallest absolute Gasteiger partial charge is 0.0650 e. The van der Waals surface area contributed by atoms with Crippen LogP contribution in [-0.4, -0.2) is 10.2 Å². The molecule has 2 heteroatoms. The molecule has 0 unspecified atom stereocenters. The van der Waals surface area contributed by atoms with Gasteiger partial charge in [0.2, 0.25) is 0 Å². The van der Waals surface area contributed by atoms with Crippen LogP contribution in [0.5, 0.6) is 0 Å². The fraction of sp³-hybridized carbons (Fsp3) is 0.462. The van der Waals surface area contributed by atoms with Gasteiger partial charge in [0, 0.05) is 5.39 Å². The van der Waals surface area contributed by atoms with E-state index in [0.29, 0.717) is 0 Å². The van der Waals surface area contributed by atoms with E-state index >= 15 is 0 Å². The summed E-state index contributed by atoms with van der Waals surface area (Å²) >= 11 is 0. The SMILES string of the molecule is CCCC(C)(C)c1ccc2[nH]ncc2c1. The predicted molar refractivity (Wildman–Crippen MR) is 64.0 cm³/mol. The first-order valence-corrected chi connectivity index (χ1v) is 5.57. The van der Waals surface area contributed by atoms with Crippen molar-refractivity contribution in [3.8, 4) is 0 Å². The van der Waals surface area contributed by atoms with Crippen molar-refractivity contribution in [3.63, 3.8) is 0 Å². The average molecular weight is 202 g/mol. The van der Waals surface area contributed by atoms with Crippen LogP contribution in [0, 0.1) is 0 Å². The Labute approximate surface area is 90.7 Å². The van der Waals surface area contributed by atoms with Crippen molar-refractivity contribution < 1.29 is 0 Å². The normalized spacial score (nSPS) is 12.2. The van der Waals surface area contributed by atoms with E-state index < -0.39 is 0 Å². The molecule has 2 nitrogen and oxygen atoms in total. The quantitative estimate of drug-likeness (QED) is 0.808. The first-order chi connectivity index (χ1) is 7.13. The van der Waals surface area contributed by atoms with Crippen molar-refractivity contribution in [2.24, 2.45) is 0 Å². The number of aromatic amines is 1. The number of aromatic nitrogens is 2. The minimum atomic E-state index is 0.264. The molecule has 0 aliphatic carbocycles. The fourth-order valence-electron chi connectivity index (χ4n) is 2.13. The summed E-state index contributed by atoms with van der Waals surface area (Å²) in [5.74, 6) is 0. The number of hydrogen-bond donors (Lipinski definition) is 1. The van der Waals surface area contributed by atoms with Gasteiger partial charge < -0.3 is 0 Å². The van der Waals surface area contributed by atoms with Gasteiger partial charge in [0.05, 0.1) is 11.7 Å². The van der Waals surface area contributed by atoms with Gasteiger partial charge in [0.1, 0.15) is 0 Å². The van der Waals surface area contributed by atoms with E-state index in [1.807, 2.05) is 6.20 Å². The van der Waals surface area contributed by atoms with Crippen molar-refractivity contribution >= 4 is 10.9 Å². The van der Waals surface area contributed by atoms with E-state index in [9.17, 15) is 0 Å². The summed E-state index contributed by atoms with van der Waals surface area (Å²) in [4.78, 5) is 0. The zero-order valence-electron chi connectivity index (χ0n) is 9.67. The van der Waals surface area contributed by atoms with E-state index in [1.54, 1.807) is 0 Å². The second-order valence-corrected chi connectivity index (χ2v) is 4.81. The highest BCUT2D eigenvalue weighted by Gasteiger charge is 2.19. The summed E-state index contributed by atoms with van der Waals surface area (Å²) in [6.45, 7) is 6.84. The molecule has 0 aliphatic heterocycles. The molecule has 1 aromatic heterocycles. The minimum absolute atomic E-state index is 0.264. The number of hydrogen-bond acceptors (Lipinski definition) is 1. The molecule has 80 valence electrons. The number of fused-ring (bicyclic) bond motifs is 1. The summed E-state index contributed by atoms with van der Waals surface area (Å²) in [7, 11) is 0. The van der Waals surface area contributed by atoms with Crippen molar-refractivity contribution in [2.45, 2.75) is 39.0 Å². The molecule has 1 N–H and O–H groups in total. The molecule has 15 heavy (non-hydrogen) atoms. The Hall–Kier alpha value is -1.31. The third-order valence-electron chi connectivity index (χ3n) is 3.10. The largest absolute Gasteiger partial charge is 0.278 e. The molecule has 0 fully saturated rings. The maximum absolute atomic E-state index is 4.05. The van der Waals surface area contributed by atoms with Crippen molar-refractivity contribution in [3.05, 3.63) is 30.0 Å². The third kappa shape index (κ3) is 1.89. The standard InChI is InChI=1S/C13H18N2/c1-4-7-13(2,3)11-5-6-12-10(8-11)9-14-15-12/h5-6,8-9H,4,7H2,1-3H3,(H,14,15). The van der Waals surface area contributed by atoms with Gasteiger partial charge >= 0.3 is 0 Å². The zero-order valence-corrected chi connectivity index (χ0v) is 9.67. The first kappa shape index (κ1) is 10.2. The van der Waals surface area contributed by atoms with Gasteiger partial charge in [0.25, 0.3) is 0 Å². The summed E-state index contributed by atoms with van der Waals surface area (Å²) in [6.07, 6.45) is 4.33. The van der Waals surface area contributed by atoms with Crippen molar-refractivity contribution in [2.75, 3.05) is 0 Å². The minimum Gasteiger partial charge on any atom is -0.278 e. The lowest BCUT2D eigenvalue weighted by molar-refractivity contribution is 0.473. The van der Waals surface area contributed by atoms with Gasteiger partial charge in [-0.3, -0.25) is 5.10 Å². The molecule has 2 aromatic rings. The summed E-state index contributed by atoms with van der Waals surface area (Å²) in [5.41, 5.74) is 2.78. The molecule has 0 aliphatic rings. The molecule has 0 saturated carbocycles. The molecule has 0 amide bonds. The van der Waals surface area contributed by atoms with Crippen LogP contribution in [0.4, 0.5) is 0 Å². The lowest BCUT2D eigenvalue weighted by Crippen LogP contribution is -2.16. The lowest BCUT2D eigenvalue weighted by Gasteiger charge is -2.24. The van der Waals surface area contributed by atoms with Crippen LogP contribution < -0.4 is 0 Å². The van der Waals surface area contributed by atoms with E-state index in [0.717, 1.165) is 5.52 Å². The second kappa shape index (κ2) is 3.69. The topological polar surface area (TPSA) is 28.7 Å². The van der Waals surface area contributed by atoms with Gasteiger partial charge in [-0.1, -0.05) is 33.3 Å². The van der Waals surface area contributed by atoms with Crippen LogP contribution in [0.2, 0.25) is 0 Å². The Kier molecular flexibility index (Phi) is 2.51. The van der Waals surface area contributed by atoms with Crippen LogP contribution in [0.3, 0.4) is 0 Å². The lowest BCUT2D eigenvalue weighted by atomic mass is 9.80.